The molecule has 0 aliphatic carbocycles. The molecule has 2 rings (SSSR count). The summed E-state index contributed by atoms with van der Waals surface area (Å²) in [4.78, 5) is 4.32. The van der Waals surface area contributed by atoms with Gasteiger partial charge in [0.15, 0.2) is 0 Å². The molecular formula is C14H20N4O. The molecule has 0 aliphatic rings. The van der Waals surface area contributed by atoms with Crippen LogP contribution in [0.25, 0.3) is 0 Å². The number of nitrogens with two attached hydrogens (primary N) is 1. The molecule has 1 aromatic carbocycles. The summed E-state index contributed by atoms with van der Waals surface area (Å²) in [6, 6.07) is 8.18. The lowest BCUT2D eigenvalue weighted by Gasteiger charge is -2.16. The van der Waals surface area contributed by atoms with Gasteiger partial charge in [0.1, 0.15) is 11.6 Å². The Morgan fingerprint density at radius 1 is 1.42 bits per heavy atom. The van der Waals surface area contributed by atoms with Crippen LogP contribution in [-0.2, 0) is 19.9 Å². The maximum Gasteiger partial charge on any atom is 0.119 e. The van der Waals surface area contributed by atoms with E-state index in [0.717, 1.165) is 24.4 Å². The number of hydrazine groups is 1. The predicted molar refractivity (Wildman–Crippen MR) is 74.7 cm³/mol. The standard InChI is InChI=1S/C14H20N4O/c1-18-7-6-16-14(18)10-12(17-15)8-11-4-3-5-13(9-11)19-2/h3-7,9,12,17H,8,10,15H2,1-2H3. The highest BCUT2D eigenvalue weighted by Gasteiger charge is 2.12. The van der Waals surface area contributed by atoms with Crippen molar-refractivity contribution in [2.75, 3.05) is 7.11 Å². The van der Waals surface area contributed by atoms with Crippen molar-refractivity contribution in [3.63, 3.8) is 0 Å². The van der Waals surface area contributed by atoms with Crippen LogP contribution in [0.5, 0.6) is 5.75 Å². The van der Waals surface area contributed by atoms with E-state index in [1.54, 1.807) is 13.3 Å². The van der Waals surface area contributed by atoms with Gasteiger partial charge in [0.25, 0.3) is 0 Å². The van der Waals surface area contributed by atoms with Gasteiger partial charge < -0.3 is 9.30 Å². The Bertz CT molecular complexity index is 524. The highest BCUT2D eigenvalue weighted by molar-refractivity contribution is 5.29. The third-order valence-electron chi connectivity index (χ3n) is 3.20. The molecule has 0 spiro atoms. The average molecular weight is 260 g/mol. The number of methoxy groups -OCH3 is 1. The first-order valence-electron chi connectivity index (χ1n) is 6.28. The second-order valence-corrected chi connectivity index (χ2v) is 4.58. The van der Waals surface area contributed by atoms with E-state index >= 15 is 0 Å². The maximum absolute atomic E-state index is 5.64. The molecule has 0 aliphatic heterocycles. The minimum absolute atomic E-state index is 0.146. The number of ether oxygens (including phenoxy) is 1. The van der Waals surface area contributed by atoms with E-state index in [2.05, 4.69) is 16.5 Å². The summed E-state index contributed by atoms with van der Waals surface area (Å²) < 4.78 is 7.24. The Labute approximate surface area is 113 Å². The summed E-state index contributed by atoms with van der Waals surface area (Å²) >= 11 is 0. The first-order valence-corrected chi connectivity index (χ1v) is 6.28. The van der Waals surface area contributed by atoms with Gasteiger partial charge in [-0.1, -0.05) is 12.1 Å². The molecule has 0 bridgehead atoms. The van der Waals surface area contributed by atoms with Gasteiger partial charge in [-0.25, -0.2) is 4.98 Å². The van der Waals surface area contributed by atoms with Gasteiger partial charge in [-0.05, 0) is 24.1 Å². The van der Waals surface area contributed by atoms with Crippen molar-refractivity contribution in [2.45, 2.75) is 18.9 Å². The molecule has 3 N–H and O–H groups in total. The highest BCUT2D eigenvalue weighted by Crippen LogP contribution is 2.15. The minimum Gasteiger partial charge on any atom is -0.497 e. The monoisotopic (exact) mass is 260 g/mol. The number of aromatic nitrogens is 2. The lowest BCUT2D eigenvalue weighted by Crippen LogP contribution is -2.39. The maximum atomic E-state index is 5.64. The molecule has 2 aromatic rings. The van der Waals surface area contributed by atoms with Crippen molar-refractivity contribution in [3.8, 4) is 5.75 Å². The van der Waals surface area contributed by atoms with Crippen LogP contribution in [0, 0.1) is 0 Å². The summed E-state index contributed by atoms with van der Waals surface area (Å²) in [7, 11) is 3.66. The fourth-order valence-electron chi connectivity index (χ4n) is 2.09. The molecule has 1 aromatic heterocycles. The number of nitrogens with one attached hydrogen (secondary N) is 1. The van der Waals surface area contributed by atoms with Crippen LogP contribution in [0.4, 0.5) is 0 Å². The predicted octanol–water partition coefficient (Wildman–Crippen LogP) is 1.05. The molecule has 0 radical (unpaired) electrons. The smallest absolute Gasteiger partial charge is 0.119 e. The van der Waals surface area contributed by atoms with Gasteiger partial charge in [0.05, 0.1) is 7.11 Å². The third kappa shape index (κ3) is 3.56. The molecule has 5 heteroatoms. The molecule has 1 unspecified atom stereocenters. The van der Waals surface area contributed by atoms with Crippen LogP contribution in [-0.4, -0.2) is 22.7 Å². The molecule has 0 saturated heterocycles. The summed E-state index contributed by atoms with van der Waals surface area (Å²) in [6.45, 7) is 0. The summed E-state index contributed by atoms with van der Waals surface area (Å²) in [5, 5.41) is 0. The van der Waals surface area contributed by atoms with E-state index in [4.69, 9.17) is 10.6 Å². The van der Waals surface area contributed by atoms with E-state index < -0.39 is 0 Å². The van der Waals surface area contributed by atoms with Crippen LogP contribution in [0.3, 0.4) is 0 Å². The van der Waals surface area contributed by atoms with Gasteiger partial charge in [-0.2, -0.15) is 0 Å². The highest BCUT2D eigenvalue weighted by atomic mass is 16.5. The third-order valence-corrected chi connectivity index (χ3v) is 3.20. The van der Waals surface area contributed by atoms with Gasteiger partial charge in [0, 0.05) is 31.9 Å². The first kappa shape index (κ1) is 13.6. The Morgan fingerprint density at radius 2 is 2.26 bits per heavy atom. The van der Waals surface area contributed by atoms with E-state index in [1.807, 2.05) is 36.0 Å². The summed E-state index contributed by atoms with van der Waals surface area (Å²) in [5.41, 5.74) is 4.05. The van der Waals surface area contributed by atoms with Crippen molar-refractivity contribution in [1.29, 1.82) is 0 Å². The molecule has 19 heavy (non-hydrogen) atoms. The largest absolute Gasteiger partial charge is 0.497 e. The first-order chi connectivity index (χ1) is 9.22. The zero-order chi connectivity index (χ0) is 13.7. The Hall–Kier alpha value is -1.85. The van der Waals surface area contributed by atoms with Crippen molar-refractivity contribution in [2.24, 2.45) is 12.9 Å². The van der Waals surface area contributed by atoms with Gasteiger partial charge in [-0.15, -0.1) is 0 Å². The number of imidazole rings is 1. The molecule has 0 saturated carbocycles. The molecule has 102 valence electrons. The number of aryl methyl sites for hydroxylation is 1. The van der Waals surface area contributed by atoms with Crippen LogP contribution >= 0.6 is 0 Å². The second kappa shape index (κ2) is 6.36. The number of hydrogen-bond donors (Lipinski definition) is 2. The Balaban J connectivity index is 2.04. The van der Waals surface area contributed by atoms with Crippen molar-refractivity contribution < 1.29 is 4.74 Å². The number of hydrogen-bond acceptors (Lipinski definition) is 4. The number of benzene rings is 1. The van der Waals surface area contributed by atoms with Gasteiger partial charge >= 0.3 is 0 Å². The van der Waals surface area contributed by atoms with E-state index in [-0.39, 0.29) is 6.04 Å². The Morgan fingerprint density at radius 3 is 2.89 bits per heavy atom. The molecule has 1 heterocycles. The topological polar surface area (TPSA) is 65.1 Å². The van der Waals surface area contributed by atoms with Crippen molar-refractivity contribution in [3.05, 3.63) is 48.0 Å². The molecular weight excluding hydrogens is 240 g/mol. The van der Waals surface area contributed by atoms with Crippen LogP contribution in [0.2, 0.25) is 0 Å². The van der Waals surface area contributed by atoms with Gasteiger partial charge in [0.2, 0.25) is 0 Å². The van der Waals surface area contributed by atoms with Gasteiger partial charge in [-0.3, -0.25) is 11.3 Å². The Kier molecular flexibility index (Phi) is 4.54. The van der Waals surface area contributed by atoms with Crippen LogP contribution in [0.15, 0.2) is 36.7 Å². The normalized spacial score (nSPS) is 12.4. The van der Waals surface area contributed by atoms with Crippen molar-refractivity contribution in [1.82, 2.24) is 15.0 Å². The SMILES string of the molecule is COc1cccc(CC(Cc2nccn2C)NN)c1. The number of nitrogens with zero attached hydrogens (tertiary/aromatic N) is 2. The zero-order valence-electron chi connectivity index (χ0n) is 11.3. The molecule has 0 amide bonds. The molecule has 5 nitrogen and oxygen atoms in total. The lowest BCUT2D eigenvalue weighted by atomic mass is 10.0. The average Bonchev–Trinajstić information content (AvgIpc) is 2.83. The summed E-state index contributed by atoms with van der Waals surface area (Å²) in [5.74, 6) is 7.52. The molecule has 1 atom stereocenters. The van der Waals surface area contributed by atoms with Crippen molar-refractivity contribution >= 4 is 0 Å². The molecule has 0 fully saturated rings. The fourth-order valence-corrected chi connectivity index (χ4v) is 2.09. The number of rotatable bonds is 6. The quantitative estimate of drug-likeness (QED) is 0.602. The van der Waals surface area contributed by atoms with E-state index in [0.29, 0.717) is 0 Å². The lowest BCUT2D eigenvalue weighted by molar-refractivity contribution is 0.413. The second-order valence-electron chi connectivity index (χ2n) is 4.58. The van der Waals surface area contributed by atoms with E-state index in [9.17, 15) is 0 Å². The summed E-state index contributed by atoms with van der Waals surface area (Å²) in [6.07, 6.45) is 5.36. The zero-order valence-corrected chi connectivity index (χ0v) is 11.3. The van der Waals surface area contributed by atoms with E-state index in [1.165, 1.54) is 5.56 Å². The van der Waals surface area contributed by atoms with Crippen LogP contribution in [0.1, 0.15) is 11.4 Å². The minimum atomic E-state index is 0.146. The van der Waals surface area contributed by atoms with Crippen LogP contribution < -0.4 is 16.0 Å². The fraction of sp³-hybridized carbons (Fsp3) is 0.357.